The van der Waals surface area contributed by atoms with Gasteiger partial charge in [0.1, 0.15) is 18.4 Å². The maximum absolute atomic E-state index is 12.6. The summed E-state index contributed by atoms with van der Waals surface area (Å²) < 4.78 is 5.96. The number of carbonyl (C=O) groups is 2. The maximum atomic E-state index is 12.6. The number of piperidine rings is 1. The lowest BCUT2D eigenvalue weighted by atomic mass is 9.99. The van der Waals surface area contributed by atoms with Crippen molar-refractivity contribution in [1.82, 2.24) is 15.1 Å². The highest BCUT2D eigenvalue weighted by Crippen LogP contribution is 2.20. The van der Waals surface area contributed by atoms with Crippen molar-refractivity contribution in [2.24, 2.45) is 5.92 Å². The van der Waals surface area contributed by atoms with E-state index in [0.29, 0.717) is 18.2 Å². The molecule has 1 unspecified atom stereocenters. The first kappa shape index (κ1) is 21.5. The van der Waals surface area contributed by atoms with Crippen LogP contribution < -0.4 is 15.8 Å². The number of carbonyl (C=O) groups excluding carboxylic acids is 2. The second-order valence-corrected chi connectivity index (χ2v) is 7.69. The van der Waals surface area contributed by atoms with Crippen LogP contribution in [0.1, 0.15) is 25.3 Å². The number of benzene rings is 1. The van der Waals surface area contributed by atoms with Crippen molar-refractivity contribution in [2.45, 2.75) is 38.8 Å². The van der Waals surface area contributed by atoms with E-state index in [4.69, 9.17) is 4.74 Å². The van der Waals surface area contributed by atoms with Crippen LogP contribution in [-0.4, -0.2) is 47.9 Å². The van der Waals surface area contributed by atoms with E-state index in [1.165, 1.54) is 13.2 Å². The Hall–Kier alpha value is -3.16. The molecular weight excluding hydrogens is 384 g/mol. The van der Waals surface area contributed by atoms with Crippen molar-refractivity contribution >= 4 is 17.7 Å². The fourth-order valence-corrected chi connectivity index (χ4v) is 3.52. The smallest absolute Gasteiger partial charge is 0.328 e. The molecule has 0 saturated carbocycles. The van der Waals surface area contributed by atoms with Gasteiger partial charge in [0.25, 0.3) is 5.56 Å². The van der Waals surface area contributed by atoms with E-state index in [0.717, 1.165) is 36.2 Å². The fraction of sp³-hybridized carbons (Fsp3) is 0.455. The van der Waals surface area contributed by atoms with Gasteiger partial charge in [-0.15, -0.1) is 0 Å². The van der Waals surface area contributed by atoms with Gasteiger partial charge in [-0.3, -0.25) is 9.59 Å². The number of anilines is 1. The van der Waals surface area contributed by atoms with Gasteiger partial charge in [0.15, 0.2) is 0 Å². The van der Waals surface area contributed by atoms with Crippen molar-refractivity contribution in [2.75, 3.05) is 25.1 Å². The molecule has 1 amide bonds. The minimum Gasteiger partial charge on any atom is -0.467 e. The number of ether oxygens (including phenoxy) is 1. The Kier molecular flexibility index (Phi) is 7.21. The molecule has 8 heteroatoms. The van der Waals surface area contributed by atoms with Gasteiger partial charge >= 0.3 is 5.97 Å². The second kappa shape index (κ2) is 10.0. The summed E-state index contributed by atoms with van der Waals surface area (Å²) in [5.41, 5.74) is 0.529. The van der Waals surface area contributed by atoms with Crippen molar-refractivity contribution in [3.63, 3.8) is 0 Å². The van der Waals surface area contributed by atoms with Crippen LogP contribution in [0.3, 0.4) is 0 Å². The third-order valence-corrected chi connectivity index (χ3v) is 5.36. The Morgan fingerprint density at radius 1 is 1.17 bits per heavy atom. The Balaban J connectivity index is 1.68. The molecular formula is C22H28N4O4. The quantitative estimate of drug-likeness (QED) is 0.691. The lowest BCUT2D eigenvalue weighted by Crippen LogP contribution is -2.45. The number of esters is 1. The standard InChI is InChI=1S/C22H28N4O4/c1-16-10-12-25(13-11-16)19-8-9-21(28)26(24-19)15-20(27)23-18(22(29)30-2)14-17-6-4-3-5-7-17/h3-9,16,18H,10-15H2,1-2H3,(H,23,27). The molecule has 1 atom stereocenters. The Morgan fingerprint density at radius 2 is 1.87 bits per heavy atom. The molecule has 2 aromatic rings. The zero-order valence-corrected chi connectivity index (χ0v) is 17.4. The predicted octanol–water partition coefficient (Wildman–Crippen LogP) is 1.38. The highest BCUT2D eigenvalue weighted by molar-refractivity contribution is 5.84. The molecule has 8 nitrogen and oxygen atoms in total. The molecule has 2 heterocycles. The largest absolute Gasteiger partial charge is 0.467 e. The van der Waals surface area contributed by atoms with Crippen molar-refractivity contribution in [1.29, 1.82) is 0 Å². The van der Waals surface area contributed by atoms with Gasteiger partial charge in [-0.05, 0) is 30.4 Å². The molecule has 0 radical (unpaired) electrons. The van der Waals surface area contributed by atoms with E-state index in [9.17, 15) is 14.4 Å². The first-order valence-electron chi connectivity index (χ1n) is 10.2. The highest BCUT2D eigenvalue weighted by atomic mass is 16.5. The predicted molar refractivity (Wildman–Crippen MR) is 113 cm³/mol. The summed E-state index contributed by atoms with van der Waals surface area (Å²) >= 11 is 0. The van der Waals surface area contributed by atoms with Crippen LogP contribution in [0.5, 0.6) is 0 Å². The highest BCUT2D eigenvalue weighted by Gasteiger charge is 2.23. The number of nitrogens with one attached hydrogen (secondary N) is 1. The normalized spacial score (nSPS) is 15.5. The third-order valence-electron chi connectivity index (χ3n) is 5.36. The molecule has 0 bridgehead atoms. The van der Waals surface area contributed by atoms with Crippen LogP contribution in [0, 0.1) is 5.92 Å². The number of aromatic nitrogens is 2. The summed E-state index contributed by atoms with van der Waals surface area (Å²) in [4.78, 5) is 39.1. The summed E-state index contributed by atoms with van der Waals surface area (Å²) in [6, 6.07) is 11.6. The van der Waals surface area contributed by atoms with E-state index < -0.39 is 17.9 Å². The first-order chi connectivity index (χ1) is 14.5. The SMILES string of the molecule is COC(=O)C(Cc1ccccc1)NC(=O)Cn1nc(N2CCC(C)CC2)ccc1=O. The van der Waals surface area contributed by atoms with E-state index in [1.807, 2.05) is 30.3 Å². The summed E-state index contributed by atoms with van der Waals surface area (Å²) in [6.45, 7) is 3.71. The van der Waals surface area contributed by atoms with Crippen molar-refractivity contribution in [3.8, 4) is 0 Å². The molecule has 1 aliphatic rings. The molecule has 1 saturated heterocycles. The monoisotopic (exact) mass is 412 g/mol. The van der Waals surface area contributed by atoms with Crippen LogP contribution in [-0.2, 0) is 27.3 Å². The molecule has 160 valence electrons. The molecule has 1 fully saturated rings. The molecule has 0 aliphatic carbocycles. The first-order valence-corrected chi connectivity index (χ1v) is 10.2. The van der Waals surface area contributed by atoms with Crippen LogP contribution >= 0.6 is 0 Å². The van der Waals surface area contributed by atoms with E-state index in [2.05, 4.69) is 22.2 Å². The molecule has 1 aliphatic heterocycles. The van der Waals surface area contributed by atoms with Crippen LogP contribution in [0.4, 0.5) is 5.82 Å². The zero-order valence-electron chi connectivity index (χ0n) is 17.4. The number of hydrogen-bond acceptors (Lipinski definition) is 6. The van der Waals surface area contributed by atoms with Crippen molar-refractivity contribution in [3.05, 3.63) is 58.4 Å². The second-order valence-electron chi connectivity index (χ2n) is 7.69. The maximum Gasteiger partial charge on any atom is 0.328 e. The minimum atomic E-state index is -0.840. The van der Waals surface area contributed by atoms with Crippen LogP contribution in [0.25, 0.3) is 0 Å². The number of hydrogen-bond donors (Lipinski definition) is 1. The summed E-state index contributed by atoms with van der Waals surface area (Å²) in [6.07, 6.45) is 2.44. The lowest BCUT2D eigenvalue weighted by molar-refractivity contribution is -0.145. The van der Waals surface area contributed by atoms with Crippen molar-refractivity contribution < 1.29 is 14.3 Å². The number of nitrogens with zero attached hydrogens (tertiary/aromatic N) is 3. The van der Waals surface area contributed by atoms with Crippen LogP contribution in [0.15, 0.2) is 47.3 Å². The van der Waals surface area contributed by atoms with E-state index in [-0.39, 0.29) is 12.1 Å². The van der Waals surface area contributed by atoms with Gasteiger partial charge in [0, 0.05) is 25.6 Å². The number of rotatable bonds is 7. The molecule has 3 rings (SSSR count). The molecule has 0 spiro atoms. The Morgan fingerprint density at radius 3 is 2.53 bits per heavy atom. The summed E-state index contributed by atoms with van der Waals surface area (Å²) in [5, 5.41) is 7.04. The molecule has 1 aromatic carbocycles. The van der Waals surface area contributed by atoms with E-state index in [1.54, 1.807) is 6.07 Å². The van der Waals surface area contributed by atoms with Gasteiger partial charge in [-0.2, -0.15) is 5.10 Å². The Labute approximate surface area is 175 Å². The fourth-order valence-electron chi connectivity index (χ4n) is 3.52. The van der Waals surface area contributed by atoms with Gasteiger partial charge in [0.2, 0.25) is 5.91 Å². The minimum absolute atomic E-state index is 0.265. The number of amides is 1. The molecule has 1 aromatic heterocycles. The van der Waals surface area contributed by atoms with Gasteiger partial charge in [0.05, 0.1) is 7.11 Å². The average Bonchev–Trinajstić information content (AvgIpc) is 2.75. The average molecular weight is 412 g/mol. The lowest BCUT2D eigenvalue weighted by Gasteiger charge is -2.31. The van der Waals surface area contributed by atoms with Gasteiger partial charge in [-0.25, -0.2) is 9.48 Å². The number of methoxy groups -OCH3 is 1. The van der Waals surface area contributed by atoms with Gasteiger partial charge < -0.3 is 15.0 Å². The third kappa shape index (κ3) is 5.68. The zero-order chi connectivity index (χ0) is 21.5. The van der Waals surface area contributed by atoms with Crippen LogP contribution in [0.2, 0.25) is 0 Å². The molecule has 30 heavy (non-hydrogen) atoms. The molecule has 1 N–H and O–H groups in total. The van der Waals surface area contributed by atoms with Gasteiger partial charge in [-0.1, -0.05) is 37.3 Å². The summed E-state index contributed by atoms with van der Waals surface area (Å²) in [7, 11) is 1.28. The summed E-state index contributed by atoms with van der Waals surface area (Å²) in [5.74, 6) is 0.352. The topological polar surface area (TPSA) is 93.5 Å². The Bertz CT molecular complexity index is 920. The van der Waals surface area contributed by atoms with E-state index >= 15 is 0 Å².